The normalized spacial score (nSPS) is 11.9. The highest BCUT2D eigenvalue weighted by Crippen LogP contribution is 2.21. The van der Waals surface area contributed by atoms with Crippen molar-refractivity contribution in [3.05, 3.63) is 41.0 Å². The van der Waals surface area contributed by atoms with Crippen LogP contribution >= 0.6 is 0 Å². The quantitative estimate of drug-likeness (QED) is 0.841. The van der Waals surface area contributed by atoms with Crippen LogP contribution in [0.1, 0.15) is 30.8 Å². The average molecular weight is 348 g/mol. The lowest BCUT2D eigenvalue weighted by molar-refractivity contribution is 0.249. The molecule has 0 fully saturated rings. The van der Waals surface area contributed by atoms with Crippen LogP contribution in [0.15, 0.2) is 18.2 Å². The largest absolute Gasteiger partial charge is 0.491 e. The van der Waals surface area contributed by atoms with E-state index in [0.717, 1.165) is 17.0 Å². The number of nitrogens with one attached hydrogen (secondary N) is 2. The molecule has 2 aromatic rings. The second kappa shape index (κ2) is 8.00. The molecule has 25 heavy (non-hydrogen) atoms. The minimum atomic E-state index is -0.505. The molecule has 2 amide bonds. The first kappa shape index (κ1) is 18.8. The number of hydrogen-bond acceptors (Lipinski definition) is 3. The van der Waals surface area contributed by atoms with E-state index in [1.807, 2.05) is 32.5 Å². The maximum atomic E-state index is 13.8. The summed E-state index contributed by atoms with van der Waals surface area (Å²) >= 11 is 0. The van der Waals surface area contributed by atoms with Crippen molar-refractivity contribution in [1.82, 2.24) is 15.1 Å². The molecule has 1 atom stereocenters. The molecule has 1 aromatic heterocycles. The molecule has 136 valence electrons. The molecule has 0 radical (unpaired) electrons. The summed E-state index contributed by atoms with van der Waals surface area (Å²) in [7, 11) is 1.90. The van der Waals surface area contributed by atoms with Crippen molar-refractivity contribution in [3.63, 3.8) is 0 Å². The smallest absolute Gasteiger partial charge is 0.319 e. The van der Waals surface area contributed by atoms with E-state index in [4.69, 9.17) is 4.74 Å². The van der Waals surface area contributed by atoms with Crippen molar-refractivity contribution in [1.29, 1.82) is 0 Å². The van der Waals surface area contributed by atoms with Gasteiger partial charge in [-0.1, -0.05) is 0 Å². The van der Waals surface area contributed by atoms with Gasteiger partial charge in [0, 0.05) is 30.5 Å². The highest BCUT2D eigenvalue weighted by molar-refractivity contribution is 5.89. The van der Waals surface area contributed by atoms with Crippen LogP contribution in [-0.4, -0.2) is 28.5 Å². The van der Waals surface area contributed by atoms with E-state index in [-0.39, 0.29) is 17.8 Å². The van der Waals surface area contributed by atoms with E-state index >= 15 is 0 Å². The second-order valence-corrected chi connectivity index (χ2v) is 6.05. The molecule has 0 aliphatic carbocycles. The number of rotatable bonds is 6. The molecule has 7 heteroatoms. The van der Waals surface area contributed by atoms with E-state index < -0.39 is 5.82 Å². The van der Waals surface area contributed by atoms with Gasteiger partial charge in [0.2, 0.25) is 0 Å². The molecule has 0 aliphatic rings. The summed E-state index contributed by atoms with van der Waals surface area (Å²) in [6, 6.07) is 3.88. The zero-order valence-corrected chi connectivity index (χ0v) is 15.3. The van der Waals surface area contributed by atoms with E-state index in [1.165, 1.54) is 12.1 Å². The minimum absolute atomic E-state index is 0.0888. The van der Waals surface area contributed by atoms with Crippen LogP contribution in [0.3, 0.4) is 0 Å². The van der Waals surface area contributed by atoms with Crippen LogP contribution in [-0.2, 0) is 13.5 Å². The highest BCUT2D eigenvalue weighted by atomic mass is 19.1. The summed E-state index contributed by atoms with van der Waals surface area (Å²) in [5.74, 6) is -0.335. The first-order valence-electron chi connectivity index (χ1n) is 8.30. The number of hydrogen-bond donors (Lipinski definition) is 2. The summed E-state index contributed by atoms with van der Waals surface area (Å²) in [6.45, 7) is 8.05. The van der Waals surface area contributed by atoms with E-state index in [0.29, 0.717) is 18.7 Å². The molecule has 0 unspecified atom stereocenters. The Bertz CT molecular complexity index is 758. The van der Waals surface area contributed by atoms with E-state index in [2.05, 4.69) is 15.7 Å². The van der Waals surface area contributed by atoms with Gasteiger partial charge in [-0.3, -0.25) is 4.68 Å². The fourth-order valence-electron chi connectivity index (χ4n) is 2.71. The van der Waals surface area contributed by atoms with Gasteiger partial charge in [-0.2, -0.15) is 5.10 Å². The zero-order valence-electron chi connectivity index (χ0n) is 15.3. The van der Waals surface area contributed by atoms with Crippen LogP contribution in [0.25, 0.3) is 0 Å². The predicted molar refractivity (Wildman–Crippen MR) is 95.6 cm³/mol. The molecule has 0 saturated carbocycles. The lowest BCUT2D eigenvalue weighted by atomic mass is 10.1. The molecule has 2 N–H and O–H groups in total. The Morgan fingerprint density at radius 2 is 2.12 bits per heavy atom. The van der Waals surface area contributed by atoms with Crippen LogP contribution in [0.2, 0.25) is 0 Å². The van der Waals surface area contributed by atoms with Gasteiger partial charge in [-0.05, 0) is 51.8 Å². The predicted octanol–water partition coefficient (Wildman–Crippen LogP) is 3.33. The van der Waals surface area contributed by atoms with Crippen molar-refractivity contribution in [2.45, 2.75) is 40.2 Å². The Balaban J connectivity index is 1.94. The maximum Gasteiger partial charge on any atom is 0.319 e. The average Bonchev–Trinajstić information content (AvgIpc) is 2.76. The third-order valence-corrected chi connectivity index (χ3v) is 4.04. The molecule has 0 aliphatic heterocycles. The van der Waals surface area contributed by atoms with Crippen LogP contribution in [0.4, 0.5) is 14.9 Å². The second-order valence-electron chi connectivity index (χ2n) is 6.05. The van der Waals surface area contributed by atoms with Crippen molar-refractivity contribution >= 4 is 11.7 Å². The molecule has 2 rings (SSSR count). The van der Waals surface area contributed by atoms with Crippen molar-refractivity contribution < 1.29 is 13.9 Å². The van der Waals surface area contributed by atoms with Gasteiger partial charge in [0.05, 0.1) is 12.3 Å². The Labute approximate surface area is 147 Å². The summed E-state index contributed by atoms with van der Waals surface area (Å²) in [5, 5.41) is 9.87. The monoisotopic (exact) mass is 348 g/mol. The van der Waals surface area contributed by atoms with Crippen LogP contribution in [0.5, 0.6) is 5.75 Å². The lowest BCUT2D eigenvalue weighted by Gasteiger charge is -2.15. The number of amides is 2. The third kappa shape index (κ3) is 4.71. The molecule has 1 heterocycles. The Hall–Kier alpha value is -2.57. The summed E-state index contributed by atoms with van der Waals surface area (Å²) < 4.78 is 20.8. The number of urea groups is 1. The number of anilines is 1. The molecule has 0 spiro atoms. The third-order valence-electron chi connectivity index (χ3n) is 4.04. The first-order valence-corrected chi connectivity index (χ1v) is 8.30. The Morgan fingerprint density at radius 1 is 1.40 bits per heavy atom. The van der Waals surface area contributed by atoms with Crippen molar-refractivity contribution in [3.8, 4) is 5.75 Å². The highest BCUT2D eigenvalue weighted by Gasteiger charge is 2.15. The summed E-state index contributed by atoms with van der Waals surface area (Å²) in [5.41, 5.74) is 3.55. The number of carbonyl (C=O) groups excluding carboxylic acids is 1. The Kier molecular flexibility index (Phi) is 6.01. The van der Waals surface area contributed by atoms with Gasteiger partial charge < -0.3 is 15.4 Å². The van der Waals surface area contributed by atoms with Gasteiger partial charge in [0.25, 0.3) is 0 Å². The van der Waals surface area contributed by atoms with Gasteiger partial charge in [0.15, 0.2) is 11.6 Å². The molecule has 0 bridgehead atoms. The number of aryl methyl sites for hydroxylation is 2. The topological polar surface area (TPSA) is 68.2 Å². The molecular formula is C18H25FN4O2. The number of halogens is 1. The number of ether oxygens (including phenoxy) is 1. The molecule has 0 saturated heterocycles. The van der Waals surface area contributed by atoms with E-state index in [9.17, 15) is 9.18 Å². The zero-order chi connectivity index (χ0) is 18.6. The minimum Gasteiger partial charge on any atom is -0.491 e. The molecule has 1 aromatic carbocycles. The first-order chi connectivity index (χ1) is 11.8. The summed E-state index contributed by atoms with van der Waals surface area (Å²) in [6.07, 6.45) is 0.677. The number of nitrogens with zero attached hydrogens (tertiary/aromatic N) is 2. The number of benzene rings is 1. The standard InChI is InChI=1S/C18H25FN4O2/c1-6-25-17-8-7-14(10-16(17)19)21-18(24)20-11(2)9-15-12(3)22-23(5)13(15)4/h7-8,10-11H,6,9H2,1-5H3,(H2,20,21,24)/t11-/m1/s1. The van der Waals surface area contributed by atoms with Gasteiger partial charge >= 0.3 is 6.03 Å². The fraction of sp³-hybridized carbons (Fsp3) is 0.444. The lowest BCUT2D eigenvalue weighted by Crippen LogP contribution is -2.37. The maximum absolute atomic E-state index is 13.8. The number of carbonyl (C=O) groups is 1. The number of aromatic nitrogens is 2. The van der Waals surface area contributed by atoms with Gasteiger partial charge in [0.1, 0.15) is 0 Å². The van der Waals surface area contributed by atoms with Gasteiger partial charge in [-0.25, -0.2) is 9.18 Å². The fourth-order valence-corrected chi connectivity index (χ4v) is 2.71. The van der Waals surface area contributed by atoms with Crippen molar-refractivity contribution in [2.24, 2.45) is 7.05 Å². The Morgan fingerprint density at radius 3 is 2.68 bits per heavy atom. The summed E-state index contributed by atoms with van der Waals surface area (Å²) in [4.78, 5) is 12.1. The van der Waals surface area contributed by atoms with Gasteiger partial charge in [-0.15, -0.1) is 0 Å². The SMILES string of the molecule is CCOc1ccc(NC(=O)N[C@H](C)Cc2c(C)nn(C)c2C)cc1F. The van der Waals surface area contributed by atoms with Crippen LogP contribution < -0.4 is 15.4 Å². The molecule has 6 nitrogen and oxygen atoms in total. The van der Waals surface area contributed by atoms with E-state index in [1.54, 1.807) is 13.0 Å². The van der Waals surface area contributed by atoms with Crippen LogP contribution in [0, 0.1) is 19.7 Å². The van der Waals surface area contributed by atoms with Crippen molar-refractivity contribution in [2.75, 3.05) is 11.9 Å². The molecular weight excluding hydrogens is 323 g/mol.